The Morgan fingerprint density at radius 3 is 2.07 bits per heavy atom. The maximum atomic E-state index is 14.4. The van der Waals surface area contributed by atoms with Crippen LogP contribution in [-0.2, 0) is 26.2 Å². The van der Waals surface area contributed by atoms with Gasteiger partial charge in [0.25, 0.3) is 10.0 Å². The number of hydrogen-bond acceptors (Lipinski definition) is 6. The Balaban J connectivity index is 1.77. The van der Waals surface area contributed by atoms with Gasteiger partial charge in [0.15, 0.2) is 11.5 Å². The Morgan fingerprint density at radius 2 is 1.49 bits per heavy atom. The molecule has 9 nitrogen and oxygen atoms in total. The lowest BCUT2D eigenvalue weighted by molar-refractivity contribution is -0.140. The molecule has 4 rings (SSSR count). The number of benzene rings is 3. The van der Waals surface area contributed by atoms with Crippen LogP contribution in [0.15, 0.2) is 65.6 Å². The predicted octanol–water partition coefficient (Wildman–Crippen LogP) is 5.69. The SMILES string of the molecule is CC[C@H](C(=O)NC1CCCC1)N(Cc1ccc(C)cc1)C(=O)CN(c1cc(C)cc(C)c1)S(=O)(=O)c1ccc(OC)c(OC)c1. The van der Waals surface area contributed by atoms with Gasteiger partial charge in [-0.1, -0.05) is 55.7 Å². The summed E-state index contributed by atoms with van der Waals surface area (Å²) in [4.78, 5) is 29.5. The first-order chi connectivity index (χ1) is 21.5. The molecule has 2 amide bonds. The van der Waals surface area contributed by atoms with Crippen LogP contribution in [0.2, 0.25) is 0 Å². The highest BCUT2D eigenvalue weighted by Gasteiger charge is 2.35. The number of sulfonamides is 1. The molecule has 0 unspecified atom stereocenters. The van der Waals surface area contributed by atoms with Crippen molar-refractivity contribution in [2.75, 3.05) is 25.1 Å². The Labute approximate surface area is 267 Å². The molecule has 0 aliphatic heterocycles. The maximum Gasteiger partial charge on any atom is 0.264 e. The first-order valence-corrected chi connectivity index (χ1v) is 16.9. The number of ether oxygens (including phenoxy) is 2. The number of aryl methyl sites for hydroxylation is 3. The van der Waals surface area contributed by atoms with Crippen LogP contribution in [0.25, 0.3) is 0 Å². The minimum Gasteiger partial charge on any atom is -0.493 e. The number of anilines is 1. The smallest absolute Gasteiger partial charge is 0.264 e. The maximum absolute atomic E-state index is 14.4. The summed E-state index contributed by atoms with van der Waals surface area (Å²) in [7, 11) is -1.37. The van der Waals surface area contributed by atoms with Crippen molar-refractivity contribution in [1.82, 2.24) is 10.2 Å². The summed E-state index contributed by atoms with van der Waals surface area (Å²) in [5.74, 6) is -0.0625. The molecule has 1 N–H and O–H groups in total. The van der Waals surface area contributed by atoms with Crippen molar-refractivity contribution in [2.24, 2.45) is 0 Å². The third-order valence-electron chi connectivity index (χ3n) is 8.28. The van der Waals surface area contributed by atoms with E-state index in [1.54, 1.807) is 12.1 Å². The van der Waals surface area contributed by atoms with Crippen molar-refractivity contribution in [3.05, 3.63) is 82.9 Å². The van der Waals surface area contributed by atoms with Crippen molar-refractivity contribution in [3.63, 3.8) is 0 Å². The highest BCUT2D eigenvalue weighted by molar-refractivity contribution is 7.92. The molecule has 0 saturated heterocycles. The summed E-state index contributed by atoms with van der Waals surface area (Å²) in [6, 6.07) is 16.9. The minimum absolute atomic E-state index is 0.0526. The Kier molecular flexibility index (Phi) is 11.1. The van der Waals surface area contributed by atoms with Crippen molar-refractivity contribution >= 4 is 27.5 Å². The predicted molar refractivity (Wildman–Crippen MR) is 176 cm³/mol. The summed E-state index contributed by atoms with van der Waals surface area (Å²) in [6.07, 6.45) is 4.33. The summed E-state index contributed by atoms with van der Waals surface area (Å²) in [5.41, 5.74) is 3.98. The summed E-state index contributed by atoms with van der Waals surface area (Å²) in [6.45, 7) is 7.27. The highest BCUT2D eigenvalue weighted by Crippen LogP contribution is 2.33. The van der Waals surface area contributed by atoms with Gasteiger partial charge in [-0.2, -0.15) is 0 Å². The standard InChI is InChI=1S/C35H45N3O6S/c1-7-31(35(40)36-28-10-8-9-11-28)37(22-27-14-12-24(2)13-15-27)34(39)23-38(29-19-25(3)18-26(4)20-29)45(41,42)30-16-17-32(43-5)33(21-30)44-6/h12-21,28,31H,7-11,22-23H2,1-6H3,(H,36,40)/t31-/m1/s1. The second kappa shape index (κ2) is 14.8. The van der Waals surface area contributed by atoms with Gasteiger partial charge in [0.05, 0.1) is 24.8 Å². The van der Waals surface area contributed by atoms with Crippen molar-refractivity contribution in [3.8, 4) is 11.5 Å². The number of nitrogens with one attached hydrogen (secondary N) is 1. The van der Waals surface area contributed by atoms with E-state index in [4.69, 9.17) is 9.47 Å². The van der Waals surface area contributed by atoms with E-state index in [1.165, 1.54) is 37.3 Å². The van der Waals surface area contributed by atoms with Gasteiger partial charge in [-0.05, 0) is 81.0 Å². The quantitative estimate of drug-likeness (QED) is 0.259. The van der Waals surface area contributed by atoms with Gasteiger partial charge in [0.2, 0.25) is 11.8 Å². The van der Waals surface area contributed by atoms with Crippen molar-refractivity contribution in [1.29, 1.82) is 0 Å². The summed E-state index contributed by atoms with van der Waals surface area (Å²) in [5, 5.41) is 3.15. The van der Waals surface area contributed by atoms with E-state index in [1.807, 2.05) is 58.0 Å². The van der Waals surface area contributed by atoms with Gasteiger partial charge < -0.3 is 19.7 Å². The zero-order chi connectivity index (χ0) is 32.7. The number of carbonyl (C=O) groups is 2. The molecular formula is C35H45N3O6S. The van der Waals surface area contributed by atoms with Gasteiger partial charge in [-0.15, -0.1) is 0 Å². The molecule has 1 atom stereocenters. The largest absolute Gasteiger partial charge is 0.493 e. The van der Waals surface area contributed by atoms with Crippen LogP contribution in [0.5, 0.6) is 11.5 Å². The van der Waals surface area contributed by atoms with E-state index in [9.17, 15) is 18.0 Å². The average molecular weight is 636 g/mol. The fourth-order valence-corrected chi connectivity index (χ4v) is 7.32. The van der Waals surface area contributed by atoms with Crippen LogP contribution in [0.4, 0.5) is 5.69 Å². The van der Waals surface area contributed by atoms with Crippen LogP contribution in [0, 0.1) is 20.8 Å². The highest BCUT2D eigenvalue weighted by atomic mass is 32.2. The van der Waals surface area contributed by atoms with Gasteiger partial charge in [-0.3, -0.25) is 13.9 Å². The van der Waals surface area contributed by atoms with Gasteiger partial charge in [0, 0.05) is 18.7 Å². The molecule has 0 radical (unpaired) electrons. The van der Waals surface area contributed by atoms with E-state index in [0.717, 1.165) is 52.2 Å². The first-order valence-electron chi connectivity index (χ1n) is 15.4. The fraction of sp³-hybridized carbons (Fsp3) is 0.429. The molecule has 45 heavy (non-hydrogen) atoms. The molecule has 1 fully saturated rings. The zero-order valence-corrected chi connectivity index (χ0v) is 27.9. The molecule has 0 bridgehead atoms. The molecule has 1 aliphatic carbocycles. The van der Waals surface area contributed by atoms with Crippen LogP contribution in [0.3, 0.4) is 0 Å². The summed E-state index contributed by atoms with van der Waals surface area (Å²) < 4.78 is 40.6. The zero-order valence-electron chi connectivity index (χ0n) is 27.1. The first kappa shape index (κ1) is 33.8. The molecular weight excluding hydrogens is 590 g/mol. The molecule has 3 aromatic carbocycles. The third kappa shape index (κ3) is 8.16. The second-order valence-corrected chi connectivity index (χ2v) is 13.7. The lowest BCUT2D eigenvalue weighted by Crippen LogP contribution is -2.53. The molecule has 242 valence electrons. The molecule has 0 spiro atoms. The Bertz CT molecular complexity index is 1580. The third-order valence-corrected chi connectivity index (χ3v) is 10.0. The van der Waals surface area contributed by atoms with Crippen LogP contribution >= 0.6 is 0 Å². The lowest BCUT2D eigenvalue weighted by atomic mass is 10.1. The van der Waals surface area contributed by atoms with Crippen LogP contribution in [0.1, 0.15) is 61.3 Å². The van der Waals surface area contributed by atoms with E-state index in [0.29, 0.717) is 17.9 Å². The topological polar surface area (TPSA) is 105 Å². The molecule has 1 aliphatic rings. The van der Waals surface area contributed by atoms with Gasteiger partial charge >= 0.3 is 0 Å². The van der Waals surface area contributed by atoms with Crippen LogP contribution in [-0.4, -0.2) is 58.0 Å². The number of methoxy groups -OCH3 is 2. The van der Waals surface area contributed by atoms with E-state index < -0.39 is 28.5 Å². The number of amides is 2. The molecule has 0 aromatic heterocycles. The van der Waals surface area contributed by atoms with E-state index in [-0.39, 0.29) is 29.1 Å². The van der Waals surface area contributed by atoms with Gasteiger partial charge in [-0.25, -0.2) is 8.42 Å². The normalized spacial score (nSPS) is 14.1. The number of carbonyl (C=O) groups excluding carboxylic acids is 2. The minimum atomic E-state index is -4.27. The number of hydrogen-bond donors (Lipinski definition) is 1. The monoisotopic (exact) mass is 635 g/mol. The molecule has 0 heterocycles. The Hall–Kier alpha value is -4.05. The molecule has 1 saturated carbocycles. The van der Waals surface area contributed by atoms with Crippen molar-refractivity contribution < 1.29 is 27.5 Å². The second-order valence-electron chi connectivity index (χ2n) is 11.8. The number of nitrogens with zero attached hydrogens (tertiary/aromatic N) is 2. The summed E-state index contributed by atoms with van der Waals surface area (Å²) >= 11 is 0. The Morgan fingerprint density at radius 1 is 0.867 bits per heavy atom. The fourth-order valence-electron chi connectivity index (χ4n) is 5.90. The van der Waals surface area contributed by atoms with E-state index in [2.05, 4.69) is 5.32 Å². The van der Waals surface area contributed by atoms with Gasteiger partial charge in [0.1, 0.15) is 12.6 Å². The molecule has 3 aromatic rings. The molecule has 10 heteroatoms. The van der Waals surface area contributed by atoms with Crippen LogP contribution < -0.4 is 19.1 Å². The average Bonchev–Trinajstić information content (AvgIpc) is 3.52. The number of rotatable bonds is 13. The van der Waals surface area contributed by atoms with Crippen molar-refractivity contribution in [2.45, 2.75) is 83.3 Å². The lowest BCUT2D eigenvalue weighted by Gasteiger charge is -2.34. The van der Waals surface area contributed by atoms with E-state index >= 15 is 0 Å².